The molecule has 0 aliphatic carbocycles. The van der Waals surface area contributed by atoms with Gasteiger partial charge in [-0.25, -0.2) is 4.57 Å². The maximum atomic E-state index is 10.9. The van der Waals surface area contributed by atoms with Gasteiger partial charge in [0.15, 0.2) is 5.85 Å². The number of aliphatic hydroxyl groups excluding tert-OH is 1. The number of hydrogen-bond acceptors (Lipinski definition) is 5. The van der Waals surface area contributed by atoms with Crippen LogP contribution in [0.5, 0.6) is 0 Å². The monoisotopic (exact) mass is 248 g/mol. The van der Waals surface area contributed by atoms with Gasteiger partial charge in [0.1, 0.15) is 0 Å². The van der Waals surface area contributed by atoms with Crippen LogP contribution in [0.25, 0.3) is 0 Å². The molecular formula is C4H10O8P2. The van der Waals surface area contributed by atoms with Gasteiger partial charge >= 0.3 is 21.2 Å². The first-order chi connectivity index (χ1) is 6.04. The molecule has 0 amide bonds. The fourth-order valence-electron chi connectivity index (χ4n) is 0.561. The molecule has 0 rings (SSSR count). The van der Waals surface area contributed by atoms with Crippen LogP contribution in [0.3, 0.4) is 0 Å². The molecule has 10 heteroatoms. The highest BCUT2D eigenvalue weighted by Gasteiger charge is 2.37. The molecule has 0 aliphatic rings. The number of carbonyl (C=O) groups is 1. The van der Waals surface area contributed by atoms with E-state index in [1.807, 2.05) is 0 Å². The minimum atomic E-state index is -4.72. The van der Waals surface area contributed by atoms with E-state index in [4.69, 9.17) is 19.8 Å². The van der Waals surface area contributed by atoms with E-state index in [2.05, 4.69) is 4.52 Å². The summed E-state index contributed by atoms with van der Waals surface area (Å²) in [6.07, 6.45) is -1.24. The smallest absolute Gasteiger partial charge is 0.390 e. The normalized spacial score (nSPS) is 18.4. The molecule has 4 N–H and O–H groups in total. The molecular weight excluding hydrogens is 238 g/mol. The summed E-state index contributed by atoms with van der Waals surface area (Å²) in [5, 5.41) is 8.88. The minimum Gasteiger partial charge on any atom is -0.390 e. The van der Waals surface area contributed by atoms with E-state index in [0.29, 0.717) is 0 Å². The Kier molecular flexibility index (Phi) is 4.45. The van der Waals surface area contributed by atoms with Crippen molar-refractivity contribution in [3.63, 3.8) is 0 Å². The third-order valence-electron chi connectivity index (χ3n) is 1.04. The molecule has 0 aromatic carbocycles. The Hall–Kier alpha value is -0.230. The molecule has 0 spiro atoms. The summed E-state index contributed by atoms with van der Waals surface area (Å²) < 4.78 is 25.1. The van der Waals surface area contributed by atoms with Crippen LogP contribution >= 0.6 is 15.2 Å². The van der Waals surface area contributed by atoms with Crippen molar-refractivity contribution in [1.82, 2.24) is 0 Å². The maximum Gasteiger partial charge on any atom is 0.407 e. The molecule has 2 atom stereocenters. The van der Waals surface area contributed by atoms with E-state index in [1.54, 1.807) is 0 Å². The lowest BCUT2D eigenvalue weighted by Gasteiger charge is -2.16. The van der Waals surface area contributed by atoms with E-state index in [0.717, 1.165) is 6.92 Å². The summed E-state index contributed by atoms with van der Waals surface area (Å²) >= 11 is 0. The van der Waals surface area contributed by atoms with Gasteiger partial charge in [0.2, 0.25) is 0 Å². The summed E-state index contributed by atoms with van der Waals surface area (Å²) in [5.41, 5.74) is 0. The molecule has 0 bridgehead atoms. The van der Waals surface area contributed by atoms with Crippen LogP contribution in [0, 0.1) is 0 Å². The van der Waals surface area contributed by atoms with Gasteiger partial charge in [-0.1, -0.05) is 0 Å². The van der Waals surface area contributed by atoms with Gasteiger partial charge in [-0.2, -0.15) is 0 Å². The number of rotatable bonds is 4. The van der Waals surface area contributed by atoms with Crippen molar-refractivity contribution in [1.29, 1.82) is 0 Å². The van der Waals surface area contributed by atoms with Crippen molar-refractivity contribution < 1.29 is 38.2 Å². The Morgan fingerprint density at radius 3 is 2.07 bits per heavy atom. The van der Waals surface area contributed by atoms with Crippen LogP contribution in [-0.2, 0) is 18.4 Å². The van der Waals surface area contributed by atoms with Crippen LogP contribution in [0.1, 0.15) is 6.92 Å². The number of hydrogen-bond donors (Lipinski definition) is 4. The summed E-state index contributed by atoms with van der Waals surface area (Å²) in [6, 6.07) is 0. The zero-order valence-electron chi connectivity index (χ0n) is 7.10. The van der Waals surface area contributed by atoms with Gasteiger partial charge in [0.05, 0.1) is 6.16 Å². The highest BCUT2D eigenvalue weighted by molar-refractivity contribution is 7.57. The lowest BCUT2D eigenvalue weighted by Crippen LogP contribution is -2.16. The van der Waals surface area contributed by atoms with Crippen molar-refractivity contribution in [3.05, 3.63) is 0 Å². The first kappa shape index (κ1) is 13.8. The first-order valence-corrected chi connectivity index (χ1v) is 6.74. The Bertz CT molecular complexity index is 304. The molecule has 14 heavy (non-hydrogen) atoms. The van der Waals surface area contributed by atoms with Crippen molar-refractivity contribution >= 4 is 21.2 Å². The summed E-state index contributed by atoms with van der Waals surface area (Å²) in [5.74, 6) is -3.41. The summed E-state index contributed by atoms with van der Waals surface area (Å²) in [4.78, 5) is 35.8. The molecule has 0 fully saturated rings. The zero-order valence-corrected chi connectivity index (χ0v) is 8.89. The molecule has 8 nitrogen and oxygen atoms in total. The second kappa shape index (κ2) is 4.53. The van der Waals surface area contributed by atoms with Gasteiger partial charge in [0, 0.05) is 6.92 Å². The largest absolute Gasteiger partial charge is 0.407 e. The highest BCUT2D eigenvalue weighted by Crippen LogP contribution is 2.51. The predicted molar refractivity (Wildman–Crippen MR) is 44.5 cm³/mol. The standard InChI is InChI=1S/C4H10O8P2/c1-3(5)12-14(10,11)4(6)2-13(7,8)9/h4,6H,2H2,1H3,(H,10,11)(H2,7,8,9). The molecule has 2 unspecified atom stereocenters. The zero-order chi connectivity index (χ0) is 11.6. The Morgan fingerprint density at radius 1 is 1.36 bits per heavy atom. The fourth-order valence-corrected chi connectivity index (χ4v) is 2.94. The van der Waals surface area contributed by atoms with Crippen molar-refractivity contribution in [3.8, 4) is 0 Å². The fraction of sp³-hybridized carbons (Fsp3) is 0.750. The van der Waals surface area contributed by atoms with Crippen LogP contribution in [0.2, 0.25) is 0 Å². The second-order valence-corrected chi connectivity index (χ2v) is 6.08. The van der Waals surface area contributed by atoms with E-state index in [1.165, 1.54) is 0 Å². The second-order valence-electron chi connectivity index (χ2n) is 2.47. The third kappa shape index (κ3) is 5.49. The quantitative estimate of drug-likeness (QED) is 0.475. The molecule has 0 aliphatic heterocycles. The molecule has 84 valence electrons. The predicted octanol–water partition coefficient (Wildman–Crippen LogP) is -0.769. The lowest BCUT2D eigenvalue weighted by molar-refractivity contribution is -0.132. The van der Waals surface area contributed by atoms with Crippen LogP contribution in [0.4, 0.5) is 0 Å². The van der Waals surface area contributed by atoms with Crippen molar-refractivity contribution in [2.75, 3.05) is 6.16 Å². The minimum absolute atomic E-state index is 0.826. The van der Waals surface area contributed by atoms with Crippen LogP contribution in [0.15, 0.2) is 0 Å². The Morgan fingerprint density at radius 2 is 1.79 bits per heavy atom. The third-order valence-corrected chi connectivity index (χ3v) is 3.60. The Labute approximate surface area is 79.2 Å². The molecule has 0 radical (unpaired) electrons. The molecule has 0 saturated heterocycles. The van der Waals surface area contributed by atoms with Gasteiger partial charge in [-0.3, -0.25) is 9.36 Å². The van der Waals surface area contributed by atoms with Crippen LogP contribution in [-0.4, -0.2) is 37.8 Å². The summed E-state index contributed by atoms with van der Waals surface area (Å²) in [7, 11) is -9.36. The average molecular weight is 248 g/mol. The topological polar surface area (TPSA) is 141 Å². The van der Waals surface area contributed by atoms with Crippen LogP contribution < -0.4 is 0 Å². The SMILES string of the molecule is CC(=O)OP(=O)(O)C(O)CP(=O)(O)O. The first-order valence-electron chi connectivity index (χ1n) is 3.30. The molecule has 0 aromatic heterocycles. The van der Waals surface area contributed by atoms with Gasteiger partial charge in [-0.15, -0.1) is 0 Å². The highest BCUT2D eigenvalue weighted by atomic mass is 31.2. The maximum absolute atomic E-state index is 10.9. The molecule has 0 saturated carbocycles. The van der Waals surface area contributed by atoms with Crippen molar-refractivity contribution in [2.45, 2.75) is 12.8 Å². The average Bonchev–Trinajstić information content (AvgIpc) is 1.79. The van der Waals surface area contributed by atoms with Crippen molar-refractivity contribution in [2.24, 2.45) is 0 Å². The van der Waals surface area contributed by atoms with E-state index < -0.39 is 33.2 Å². The van der Waals surface area contributed by atoms with Gasteiger partial charge in [-0.05, 0) is 0 Å². The van der Waals surface area contributed by atoms with E-state index >= 15 is 0 Å². The summed E-state index contributed by atoms with van der Waals surface area (Å²) in [6.45, 7) is 0.826. The van der Waals surface area contributed by atoms with Gasteiger partial charge in [0.25, 0.3) is 0 Å². The lowest BCUT2D eigenvalue weighted by atomic mass is 10.9. The Balaban J connectivity index is 4.52. The van der Waals surface area contributed by atoms with E-state index in [9.17, 15) is 13.9 Å². The number of carbonyl (C=O) groups excluding carboxylic acids is 1. The number of aliphatic hydroxyl groups is 1. The van der Waals surface area contributed by atoms with E-state index in [-0.39, 0.29) is 0 Å². The molecule has 0 heterocycles. The van der Waals surface area contributed by atoms with Gasteiger partial charge < -0.3 is 24.3 Å². The molecule has 0 aromatic rings.